The van der Waals surface area contributed by atoms with Crippen molar-refractivity contribution in [3.63, 3.8) is 0 Å². The topological polar surface area (TPSA) is 103 Å². The number of primary amides is 1. The van der Waals surface area contributed by atoms with E-state index in [1.165, 1.54) is 0 Å². The molecule has 1 atom stereocenters. The first-order valence-corrected chi connectivity index (χ1v) is 12.7. The minimum absolute atomic E-state index is 0.0369. The van der Waals surface area contributed by atoms with E-state index in [-0.39, 0.29) is 17.9 Å². The number of carbonyl (C=O) groups is 2. The summed E-state index contributed by atoms with van der Waals surface area (Å²) >= 11 is 0. The maximum absolute atomic E-state index is 12.9. The Bertz CT molecular complexity index is 1080. The molecule has 36 heavy (non-hydrogen) atoms. The fraction of sp³-hybridized carbons (Fsp3) is 0.464. The normalized spacial score (nSPS) is 17.8. The molecule has 2 heterocycles. The van der Waals surface area contributed by atoms with Crippen molar-refractivity contribution in [3.8, 4) is 6.07 Å². The number of rotatable bonds is 8. The fourth-order valence-electron chi connectivity index (χ4n) is 5.17. The summed E-state index contributed by atoms with van der Waals surface area (Å²) in [4.78, 5) is 30.8. The van der Waals surface area contributed by atoms with Crippen molar-refractivity contribution in [1.29, 1.82) is 5.26 Å². The predicted molar refractivity (Wildman–Crippen MR) is 138 cm³/mol. The van der Waals surface area contributed by atoms with Crippen molar-refractivity contribution in [2.24, 2.45) is 5.73 Å². The summed E-state index contributed by atoms with van der Waals surface area (Å²) in [6.07, 6.45) is 2.28. The highest BCUT2D eigenvalue weighted by Crippen LogP contribution is 2.28. The average Bonchev–Trinajstić information content (AvgIpc) is 2.92. The van der Waals surface area contributed by atoms with Gasteiger partial charge in [-0.15, -0.1) is 0 Å². The summed E-state index contributed by atoms with van der Waals surface area (Å²) < 4.78 is 5.37. The van der Waals surface area contributed by atoms with E-state index in [0.717, 1.165) is 37.2 Å². The Morgan fingerprint density at radius 1 is 1.11 bits per heavy atom. The Kier molecular flexibility index (Phi) is 8.57. The van der Waals surface area contributed by atoms with Gasteiger partial charge in [-0.3, -0.25) is 14.5 Å². The van der Waals surface area contributed by atoms with Crippen molar-refractivity contribution >= 4 is 17.5 Å². The summed E-state index contributed by atoms with van der Waals surface area (Å²) in [5.74, 6) is -0.231. The van der Waals surface area contributed by atoms with E-state index in [2.05, 4.69) is 22.8 Å². The molecule has 8 heteroatoms. The maximum Gasteiger partial charge on any atom is 0.254 e. The molecule has 2 fully saturated rings. The van der Waals surface area contributed by atoms with E-state index in [0.29, 0.717) is 56.4 Å². The van der Waals surface area contributed by atoms with Crippen molar-refractivity contribution in [1.82, 2.24) is 9.80 Å². The number of carbonyl (C=O) groups excluding carboxylic acids is 2. The van der Waals surface area contributed by atoms with E-state index >= 15 is 0 Å². The second kappa shape index (κ2) is 12.0. The van der Waals surface area contributed by atoms with Gasteiger partial charge in [0, 0.05) is 62.5 Å². The minimum Gasteiger partial charge on any atom is -0.378 e. The molecule has 2 aliphatic rings. The third-order valence-corrected chi connectivity index (χ3v) is 7.21. The molecule has 2 saturated heterocycles. The van der Waals surface area contributed by atoms with Gasteiger partial charge in [-0.1, -0.05) is 12.1 Å². The first kappa shape index (κ1) is 25.7. The molecule has 0 bridgehead atoms. The van der Waals surface area contributed by atoms with Gasteiger partial charge in [-0.2, -0.15) is 5.26 Å². The third-order valence-electron chi connectivity index (χ3n) is 7.21. The Morgan fingerprint density at radius 2 is 1.81 bits per heavy atom. The lowest BCUT2D eigenvalue weighted by atomic mass is 9.98. The van der Waals surface area contributed by atoms with Crippen LogP contribution in [0.3, 0.4) is 0 Å². The number of hydrogen-bond acceptors (Lipinski definition) is 6. The van der Waals surface area contributed by atoms with Crippen LogP contribution < -0.4 is 10.6 Å². The number of nitrogens with zero attached hydrogens (tertiary/aromatic N) is 4. The van der Waals surface area contributed by atoms with E-state index in [4.69, 9.17) is 10.5 Å². The fourth-order valence-corrected chi connectivity index (χ4v) is 5.17. The van der Waals surface area contributed by atoms with Crippen molar-refractivity contribution in [2.75, 3.05) is 44.3 Å². The molecular weight excluding hydrogens is 454 g/mol. The monoisotopic (exact) mass is 489 g/mol. The Hall–Kier alpha value is -3.41. The van der Waals surface area contributed by atoms with Gasteiger partial charge in [0.2, 0.25) is 5.91 Å². The molecule has 2 aromatic rings. The van der Waals surface area contributed by atoms with Crippen molar-refractivity contribution in [2.45, 2.75) is 44.8 Å². The van der Waals surface area contributed by atoms with Crippen LogP contribution >= 0.6 is 0 Å². The van der Waals surface area contributed by atoms with Gasteiger partial charge in [0.05, 0.1) is 24.8 Å². The number of likely N-dealkylation sites (tertiary alicyclic amines) is 1. The number of piperidine rings is 1. The second-order valence-electron chi connectivity index (χ2n) is 9.68. The zero-order valence-electron chi connectivity index (χ0n) is 20.9. The highest BCUT2D eigenvalue weighted by molar-refractivity contribution is 5.94. The molecule has 2 aromatic carbocycles. The van der Waals surface area contributed by atoms with Gasteiger partial charge in [0.25, 0.3) is 5.91 Å². The van der Waals surface area contributed by atoms with Crippen LogP contribution in [0.25, 0.3) is 0 Å². The number of amides is 2. The third kappa shape index (κ3) is 6.42. The number of ether oxygens (including phenoxy) is 1. The first-order valence-electron chi connectivity index (χ1n) is 12.7. The van der Waals surface area contributed by atoms with Crippen LogP contribution in [0.2, 0.25) is 0 Å². The predicted octanol–water partition coefficient (Wildman–Crippen LogP) is 2.77. The number of hydrogen-bond donors (Lipinski definition) is 1. The zero-order valence-corrected chi connectivity index (χ0v) is 20.9. The van der Waals surface area contributed by atoms with Crippen LogP contribution in [0.15, 0.2) is 48.5 Å². The molecule has 4 rings (SSSR count). The molecule has 0 aliphatic carbocycles. The van der Waals surface area contributed by atoms with Crippen molar-refractivity contribution < 1.29 is 14.3 Å². The van der Waals surface area contributed by atoms with Crippen LogP contribution in [-0.2, 0) is 16.1 Å². The Morgan fingerprint density at radius 3 is 2.44 bits per heavy atom. The molecule has 2 N–H and O–H groups in total. The summed E-state index contributed by atoms with van der Waals surface area (Å²) in [6.45, 7) is 6.91. The number of anilines is 1. The number of nitrogens with two attached hydrogens (primary N) is 1. The molecule has 0 aromatic heterocycles. The average molecular weight is 490 g/mol. The first-order chi connectivity index (χ1) is 17.4. The molecule has 0 saturated carbocycles. The summed E-state index contributed by atoms with van der Waals surface area (Å²) in [5, 5.41) is 9.35. The standard InChI is InChI=1S/C28H35N5O3/c1-21(17-27(30)34)31-11-9-26(10-12-31)33(20-23-4-2-3-22(18-23)19-29)25-7-5-24(6-8-25)28(35)32-13-15-36-16-14-32/h2-8,18,21,26H,9-17,20H2,1H3,(H2,30,34). The summed E-state index contributed by atoms with van der Waals surface area (Å²) in [5.41, 5.74) is 8.87. The van der Waals surface area contributed by atoms with Gasteiger partial charge in [0.1, 0.15) is 0 Å². The molecule has 2 aliphatic heterocycles. The lowest BCUT2D eigenvalue weighted by Crippen LogP contribution is -2.48. The Labute approximate surface area is 213 Å². The van der Waals surface area contributed by atoms with Crippen LogP contribution in [0, 0.1) is 11.3 Å². The number of nitriles is 1. The highest BCUT2D eigenvalue weighted by Gasteiger charge is 2.28. The minimum atomic E-state index is -0.268. The van der Waals surface area contributed by atoms with Crippen LogP contribution in [0.5, 0.6) is 0 Å². The van der Waals surface area contributed by atoms with Crippen LogP contribution in [0.4, 0.5) is 5.69 Å². The molecule has 1 unspecified atom stereocenters. The van der Waals surface area contributed by atoms with Gasteiger partial charge in [-0.05, 0) is 61.7 Å². The molecule has 190 valence electrons. The zero-order chi connectivity index (χ0) is 25.5. The van der Waals surface area contributed by atoms with E-state index < -0.39 is 0 Å². The van der Waals surface area contributed by atoms with E-state index in [9.17, 15) is 14.9 Å². The smallest absolute Gasteiger partial charge is 0.254 e. The lowest BCUT2D eigenvalue weighted by Gasteiger charge is -2.41. The van der Waals surface area contributed by atoms with E-state index in [1.807, 2.05) is 53.4 Å². The molecule has 2 amide bonds. The highest BCUT2D eigenvalue weighted by atomic mass is 16.5. The van der Waals surface area contributed by atoms with Crippen LogP contribution in [-0.4, -0.2) is 73.1 Å². The maximum atomic E-state index is 12.9. The lowest BCUT2D eigenvalue weighted by molar-refractivity contribution is -0.119. The van der Waals surface area contributed by atoms with Gasteiger partial charge in [-0.25, -0.2) is 0 Å². The Balaban J connectivity index is 1.51. The second-order valence-corrected chi connectivity index (χ2v) is 9.68. The molecular formula is C28H35N5O3. The summed E-state index contributed by atoms with van der Waals surface area (Å²) in [6, 6.07) is 18.3. The van der Waals surface area contributed by atoms with Crippen molar-refractivity contribution in [3.05, 3.63) is 65.2 Å². The molecule has 8 nitrogen and oxygen atoms in total. The quantitative estimate of drug-likeness (QED) is 0.612. The summed E-state index contributed by atoms with van der Waals surface area (Å²) in [7, 11) is 0. The van der Waals surface area contributed by atoms with Crippen LogP contribution in [0.1, 0.15) is 47.7 Å². The SMILES string of the molecule is CC(CC(N)=O)N1CCC(N(Cc2cccc(C#N)c2)c2ccc(C(=O)N3CCOCC3)cc2)CC1. The largest absolute Gasteiger partial charge is 0.378 e. The van der Waals surface area contributed by atoms with Gasteiger partial charge >= 0.3 is 0 Å². The number of morpholine rings is 1. The molecule has 0 radical (unpaired) electrons. The van der Waals surface area contributed by atoms with E-state index in [1.54, 1.807) is 0 Å². The van der Waals surface area contributed by atoms with Gasteiger partial charge in [0.15, 0.2) is 0 Å². The number of benzene rings is 2. The van der Waals surface area contributed by atoms with Gasteiger partial charge < -0.3 is 20.3 Å². The molecule has 0 spiro atoms.